The zero-order valence-electron chi connectivity index (χ0n) is 18.5. The number of halogens is 2. The molecule has 0 bridgehead atoms. The van der Waals surface area contributed by atoms with E-state index in [4.69, 9.17) is 16.1 Å². The molecule has 7 nitrogen and oxygen atoms in total. The summed E-state index contributed by atoms with van der Waals surface area (Å²) in [6.07, 6.45) is 1.34. The van der Waals surface area contributed by atoms with Gasteiger partial charge in [-0.2, -0.15) is 0 Å². The van der Waals surface area contributed by atoms with Gasteiger partial charge in [-0.1, -0.05) is 43.6 Å². The quantitative estimate of drug-likeness (QED) is 0.522. The van der Waals surface area contributed by atoms with E-state index < -0.39 is 11.7 Å². The van der Waals surface area contributed by atoms with Crippen LogP contribution in [0.5, 0.6) is 0 Å². The van der Waals surface area contributed by atoms with Crippen LogP contribution in [0.3, 0.4) is 0 Å². The number of carbonyl (C=O) groups is 2. The highest BCUT2D eigenvalue weighted by molar-refractivity contribution is 7.10. The number of anilines is 1. The van der Waals surface area contributed by atoms with Gasteiger partial charge in [-0.3, -0.25) is 9.59 Å². The second-order valence-electron chi connectivity index (χ2n) is 9.01. The fourth-order valence-corrected chi connectivity index (χ4v) is 4.85. The van der Waals surface area contributed by atoms with Gasteiger partial charge in [0.2, 0.25) is 0 Å². The van der Waals surface area contributed by atoms with Crippen molar-refractivity contribution in [3.05, 3.63) is 62.5 Å². The Bertz CT molecular complexity index is 1160. The molecule has 0 radical (unpaired) electrons. The lowest BCUT2D eigenvalue weighted by Crippen LogP contribution is -2.38. The summed E-state index contributed by atoms with van der Waals surface area (Å²) in [6, 6.07) is 5.93. The number of amides is 2. The lowest BCUT2D eigenvalue weighted by Gasteiger charge is -2.31. The molecular weight excluding hydrogens is 467 g/mol. The van der Waals surface area contributed by atoms with Gasteiger partial charge in [0, 0.05) is 35.9 Å². The molecule has 1 saturated heterocycles. The number of benzene rings is 1. The summed E-state index contributed by atoms with van der Waals surface area (Å²) in [7, 11) is 0. The standard InChI is InChI=1S/C23H24ClFN4O3S/c1-23(2,3)17-11-18(28-32-17)27-20(30)16-12-33-21(26-16)13-7-9-29(10-8-13)22(31)19-14(24)5-4-6-15(19)25/h4-6,11-13H,7-10H2,1-3H3,(H,27,28,30). The van der Waals surface area contributed by atoms with Crippen molar-refractivity contribution in [2.45, 2.75) is 44.9 Å². The Hall–Kier alpha value is -2.78. The van der Waals surface area contributed by atoms with E-state index >= 15 is 0 Å². The first kappa shape index (κ1) is 23.4. The van der Waals surface area contributed by atoms with Crippen LogP contribution in [-0.2, 0) is 5.41 Å². The largest absolute Gasteiger partial charge is 0.359 e. The molecule has 3 aromatic rings. The Balaban J connectivity index is 1.36. The summed E-state index contributed by atoms with van der Waals surface area (Å²) < 4.78 is 19.4. The maximum atomic E-state index is 14.1. The van der Waals surface area contributed by atoms with Crippen molar-refractivity contribution in [1.82, 2.24) is 15.0 Å². The molecule has 1 aromatic carbocycles. The van der Waals surface area contributed by atoms with Crippen LogP contribution < -0.4 is 5.32 Å². The van der Waals surface area contributed by atoms with Gasteiger partial charge in [-0.25, -0.2) is 9.37 Å². The van der Waals surface area contributed by atoms with Crippen molar-refractivity contribution in [1.29, 1.82) is 0 Å². The zero-order chi connectivity index (χ0) is 23.8. The molecule has 0 atom stereocenters. The smallest absolute Gasteiger partial charge is 0.276 e. The van der Waals surface area contributed by atoms with Crippen LogP contribution >= 0.6 is 22.9 Å². The van der Waals surface area contributed by atoms with Crippen LogP contribution in [0.4, 0.5) is 10.2 Å². The van der Waals surface area contributed by atoms with Gasteiger partial charge in [-0.05, 0) is 25.0 Å². The number of likely N-dealkylation sites (tertiary alicyclic amines) is 1. The van der Waals surface area contributed by atoms with Crippen LogP contribution in [0.25, 0.3) is 0 Å². The Kier molecular flexibility index (Phi) is 6.54. The number of rotatable bonds is 4. The van der Waals surface area contributed by atoms with Gasteiger partial charge < -0.3 is 14.7 Å². The van der Waals surface area contributed by atoms with Crippen molar-refractivity contribution in [3.8, 4) is 0 Å². The number of nitrogens with zero attached hydrogens (tertiary/aromatic N) is 3. The van der Waals surface area contributed by atoms with E-state index in [0.717, 1.165) is 5.01 Å². The predicted octanol–water partition coefficient (Wildman–Crippen LogP) is 5.49. The summed E-state index contributed by atoms with van der Waals surface area (Å²) in [5, 5.41) is 9.28. The summed E-state index contributed by atoms with van der Waals surface area (Å²) in [4.78, 5) is 31.4. The monoisotopic (exact) mass is 490 g/mol. The third-order valence-electron chi connectivity index (χ3n) is 5.55. The molecule has 2 amide bonds. The van der Waals surface area contributed by atoms with Crippen LogP contribution in [-0.4, -0.2) is 39.9 Å². The lowest BCUT2D eigenvalue weighted by atomic mass is 9.93. The average Bonchev–Trinajstić information content (AvgIpc) is 3.43. The van der Waals surface area contributed by atoms with Gasteiger partial charge in [0.1, 0.15) is 17.3 Å². The number of hydrogen-bond donors (Lipinski definition) is 1. The van der Waals surface area contributed by atoms with E-state index in [9.17, 15) is 14.0 Å². The predicted molar refractivity (Wildman–Crippen MR) is 125 cm³/mol. The lowest BCUT2D eigenvalue weighted by molar-refractivity contribution is 0.0708. The fourth-order valence-electron chi connectivity index (χ4n) is 3.64. The number of piperidine rings is 1. The third kappa shape index (κ3) is 5.09. The minimum Gasteiger partial charge on any atom is -0.359 e. The molecule has 1 aliphatic rings. The molecular formula is C23H24ClFN4O3S. The molecule has 2 aromatic heterocycles. The second kappa shape index (κ2) is 9.23. The molecule has 33 heavy (non-hydrogen) atoms. The molecule has 0 saturated carbocycles. The molecule has 0 spiro atoms. The highest BCUT2D eigenvalue weighted by atomic mass is 35.5. The minimum absolute atomic E-state index is 0.0895. The Labute approximate surface area is 199 Å². The maximum absolute atomic E-state index is 14.1. The molecule has 1 aliphatic heterocycles. The summed E-state index contributed by atoms with van der Waals surface area (Å²) in [5.41, 5.74) is 0.0118. The molecule has 1 fully saturated rings. The van der Waals surface area contributed by atoms with E-state index in [-0.39, 0.29) is 27.8 Å². The van der Waals surface area contributed by atoms with Gasteiger partial charge >= 0.3 is 0 Å². The fraction of sp³-hybridized carbons (Fsp3) is 0.391. The zero-order valence-corrected chi connectivity index (χ0v) is 20.1. The molecule has 10 heteroatoms. The van der Waals surface area contributed by atoms with E-state index in [0.29, 0.717) is 43.2 Å². The van der Waals surface area contributed by atoms with Crippen LogP contribution in [0, 0.1) is 5.82 Å². The van der Waals surface area contributed by atoms with Gasteiger partial charge in [0.05, 0.1) is 15.6 Å². The van der Waals surface area contributed by atoms with E-state index in [2.05, 4.69) is 15.5 Å². The number of carbonyl (C=O) groups excluding carboxylic acids is 2. The van der Waals surface area contributed by atoms with Crippen molar-refractivity contribution in [2.75, 3.05) is 18.4 Å². The SMILES string of the molecule is CC(C)(C)c1cc(NC(=O)c2csc(C3CCN(C(=O)c4c(F)cccc4Cl)CC3)n2)no1. The van der Waals surface area contributed by atoms with Crippen LogP contribution in [0.1, 0.15) is 71.1 Å². The Morgan fingerprint density at radius 3 is 2.64 bits per heavy atom. The maximum Gasteiger partial charge on any atom is 0.276 e. The van der Waals surface area contributed by atoms with Crippen LogP contribution in [0.15, 0.2) is 34.2 Å². The van der Waals surface area contributed by atoms with Gasteiger partial charge in [0.15, 0.2) is 5.82 Å². The van der Waals surface area contributed by atoms with Crippen LogP contribution in [0.2, 0.25) is 5.02 Å². The molecule has 0 aliphatic carbocycles. The average molecular weight is 491 g/mol. The molecule has 4 rings (SSSR count). The molecule has 3 heterocycles. The minimum atomic E-state index is -0.619. The first-order chi connectivity index (χ1) is 15.6. The third-order valence-corrected chi connectivity index (χ3v) is 6.88. The number of hydrogen-bond acceptors (Lipinski definition) is 6. The second-order valence-corrected chi connectivity index (χ2v) is 10.3. The highest BCUT2D eigenvalue weighted by Gasteiger charge is 2.29. The van der Waals surface area contributed by atoms with Crippen molar-refractivity contribution < 1.29 is 18.5 Å². The first-order valence-corrected chi connectivity index (χ1v) is 11.9. The van der Waals surface area contributed by atoms with Crippen molar-refractivity contribution >= 4 is 40.6 Å². The topological polar surface area (TPSA) is 88.3 Å². The van der Waals surface area contributed by atoms with E-state index in [1.54, 1.807) is 16.3 Å². The first-order valence-electron chi connectivity index (χ1n) is 10.6. The highest BCUT2D eigenvalue weighted by Crippen LogP contribution is 2.32. The summed E-state index contributed by atoms with van der Waals surface area (Å²) in [6.45, 7) is 6.91. The van der Waals surface area contributed by atoms with Crippen molar-refractivity contribution in [3.63, 3.8) is 0 Å². The van der Waals surface area contributed by atoms with Gasteiger partial charge in [0.25, 0.3) is 11.8 Å². The number of thiazole rings is 1. The van der Waals surface area contributed by atoms with E-state index in [1.165, 1.54) is 29.5 Å². The normalized spacial score (nSPS) is 15.0. The van der Waals surface area contributed by atoms with E-state index in [1.807, 2.05) is 20.8 Å². The molecule has 1 N–H and O–H groups in total. The molecule has 0 unspecified atom stereocenters. The Morgan fingerprint density at radius 2 is 2.00 bits per heavy atom. The van der Waals surface area contributed by atoms with Crippen molar-refractivity contribution in [2.24, 2.45) is 0 Å². The summed E-state index contributed by atoms with van der Waals surface area (Å²) >= 11 is 7.45. The summed E-state index contributed by atoms with van der Waals surface area (Å²) in [5.74, 6) is -0.234. The van der Waals surface area contributed by atoms with Gasteiger partial charge in [-0.15, -0.1) is 11.3 Å². The number of nitrogens with one attached hydrogen (secondary N) is 1. The Morgan fingerprint density at radius 1 is 1.27 bits per heavy atom. The molecule has 174 valence electrons. The number of aromatic nitrogens is 2.